The van der Waals surface area contributed by atoms with Crippen molar-refractivity contribution in [3.8, 4) is 0 Å². The Bertz CT molecular complexity index is 332. The molecule has 2 heterocycles. The van der Waals surface area contributed by atoms with Crippen molar-refractivity contribution in [2.24, 2.45) is 0 Å². The normalized spacial score (nSPS) is 16.2. The lowest BCUT2D eigenvalue weighted by Crippen LogP contribution is -2.07. The van der Waals surface area contributed by atoms with Crippen molar-refractivity contribution in [2.45, 2.75) is 12.8 Å². The fourth-order valence-corrected chi connectivity index (χ4v) is 1.65. The van der Waals surface area contributed by atoms with E-state index in [4.69, 9.17) is 4.74 Å². The van der Waals surface area contributed by atoms with Crippen LogP contribution in [0.3, 0.4) is 0 Å². The van der Waals surface area contributed by atoms with E-state index < -0.39 is 0 Å². The summed E-state index contributed by atoms with van der Waals surface area (Å²) in [6.07, 6.45) is 4.73. The van der Waals surface area contributed by atoms with Gasteiger partial charge in [0.15, 0.2) is 0 Å². The molecule has 5 heteroatoms. The molecule has 0 bridgehead atoms. The lowest BCUT2D eigenvalue weighted by Gasteiger charge is -2.10. The molecule has 0 saturated heterocycles. The summed E-state index contributed by atoms with van der Waals surface area (Å²) in [5, 5.41) is 3.62. The Kier molecular flexibility index (Phi) is 2.35. The van der Waals surface area contributed by atoms with Crippen molar-refractivity contribution in [3.05, 3.63) is 22.9 Å². The second-order valence-corrected chi connectivity index (χ2v) is 3.51. The Hall–Kier alpha value is -1.23. The van der Waals surface area contributed by atoms with Crippen LogP contribution in [0.5, 0.6) is 0 Å². The molecule has 2 rings (SSSR count). The Labute approximate surface area is 79.4 Å². The quantitative estimate of drug-likeness (QED) is 0.671. The first-order chi connectivity index (χ1) is 6.38. The zero-order valence-electron chi connectivity index (χ0n) is 6.90. The molecule has 0 N–H and O–H groups in total. The monoisotopic (exact) mass is 196 g/mol. The summed E-state index contributed by atoms with van der Waals surface area (Å²) in [6, 6.07) is 0. The van der Waals surface area contributed by atoms with Gasteiger partial charge in [0, 0.05) is 5.57 Å². The van der Waals surface area contributed by atoms with Gasteiger partial charge in [0.1, 0.15) is 4.88 Å². The first-order valence-electron chi connectivity index (χ1n) is 4.00. The van der Waals surface area contributed by atoms with Crippen LogP contribution < -0.4 is 0 Å². The fraction of sp³-hybridized carbons (Fsp3) is 0.375. The van der Waals surface area contributed by atoms with Crippen LogP contribution in [0.4, 0.5) is 0 Å². The van der Waals surface area contributed by atoms with Gasteiger partial charge in [-0.2, -0.15) is 0 Å². The molecule has 0 saturated carbocycles. The number of carbonyl (C=O) groups is 1. The maximum atomic E-state index is 11.6. The van der Waals surface area contributed by atoms with Crippen LogP contribution >= 0.6 is 11.5 Å². The van der Waals surface area contributed by atoms with E-state index in [1.54, 1.807) is 6.26 Å². The molecular formula is C8H8N2O2S. The highest BCUT2D eigenvalue weighted by atomic mass is 32.1. The molecule has 1 aliphatic rings. The number of hydrogen-bond acceptors (Lipinski definition) is 5. The summed E-state index contributed by atoms with van der Waals surface area (Å²) in [5.74, 6) is -0.00491. The molecule has 68 valence electrons. The van der Waals surface area contributed by atoms with Gasteiger partial charge in [0.05, 0.1) is 19.1 Å². The minimum absolute atomic E-state index is 0.00491. The molecule has 0 aliphatic carbocycles. The number of aromatic nitrogens is 2. The Morgan fingerprint density at radius 2 is 2.54 bits per heavy atom. The van der Waals surface area contributed by atoms with Gasteiger partial charge in [-0.05, 0) is 24.4 Å². The molecule has 0 aromatic carbocycles. The first-order valence-corrected chi connectivity index (χ1v) is 4.78. The molecule has 0 atom stereocenters. The summed E-state index contributed by atoms with van der Waals surface area (Å²) in [7, 11) is 0. The average Bonchev–Trinajstić information content (AvgIpc) is 2.71. The van der Waals surface area contributed by atoms with Gasteiger partial charge in [-0.25, -0.2) is 0 Å². The molecule has 0 amide bonds. The van der Waals surface area contributed by atoms with E-state index in [1.165, 1.54) is 6.20 Å². The minimum Gasteiger partial charge on any atom is -0.501 e. The van der Waals surface area contributed by atoms with Crippen LogP contribution in [0.25, 0.3) is 0 Å². The highest BCUT2D eigenvalue weighted by molar-refractivity contribution is 7.08. The Balaban J connectivity index is 2.17. The van der Waals surface area contributed by atoms with E-state index in [9.17, 15) is 4.79 Å². The van der Waals surface area contributed by atoms with Crippen molar-refractivity contribution in [3.63, 3.8) is 0 Å². The molecule has 1 aromatic rings. The summed E-state index contributed by atoms with van der Waals surface area (Å²) < 4.78 is 8.72. The van der Waals surface area contributed by atoms with Gasteiger partial charge in [-0.1, -0.05) is 4.49 Å². The van der Waals surface area contributed by atoms with Crippen LogP contribution in [0.15, 0.2) is 18.0 Å². The molecule has 0 fully saturated rings. The van der Waals surface area contributed by atoms with E-state index >= 15 is 0 Å². The number of hydrogen-bond donors (Lipinski definition) is 0. The molecular weight excluding hydrogens is 188 g/mol. The molecule has 0 unspecified atom stereocenters. The van der Waals surface area contributed by atoms with Gasteiger partial charge in [-0.15, -0.1) is 5.10 Å². The molecule has 4 nitrogen and oxygen atoms in total. The van der Waals surface area contributed by atoms with Crippen LogP contribution in [0.1, 0.15) is 22.5 Å². The minimum atomic E-state index is -0.00491. The van der Waals surface area contributed by atoms with Gasteiger partial charge in [0.25, 0.3) is 0 Å². The lowest BCUT2D eigenvalue weighted by molar-refractivity contribution is 0.101. The zero-order valence-corrected chi connectivity index (χ0v) is 7.71. The van der Waals surface area contributed by atoms with Crippen molar-refractivity contribution in [1.29, 1.82) is 0 Å². The van der Waals surface area contributed by atoms with Crippen molar-refractivity contribution < 1.29 is 9.53 Å². The smallest absolute Gasteiger partial charge is 0.205 e. The zero-order chi connectivity index (χ0) is 9.10. The Morgan fingerprint density at radius 3 is 3.15 bits per heavy atom. The number of Topliss-reactive ketones (excluding diaryl/α,β-unsaturated/α-hetero) is 1. The predicted octanol–water partition coefficient (Wildman–Crippen LogP) is 1.42. The third kappa shape index (κ3) is 1.75. The maximum absolute atomic E-state index is 11.6. The predicted molar refractivity (Wildman–Crippen MR) is 47.5 cm³/mol. The number of rotatable bonds is 2. The molecule has 1 aromatic heterocycles. The first kappa shape index (κ1) is 8.37. The second kappa shape index (κ2) is 3.66. The standard InChI is InChI=1S/C8H8N2O2S/c11-8(7-4-9-10-13-7)6-2-1-3-12-5-6/h4-5H,1-3H2. The van der Waals surface area contributed by atoms with E-state index in [-0.39, 0.29) is 5.78 Å². The Morgan fingerprint density at radius 1 is 1.62 bits per heavy atom. The number of allylic oxidation sites excluding steroid dienone is 1. The van der Waals surface area contributed by atoms with Crippen molar-refractivity contribution in [1.82, 2.24) is 9.59 Å². The van der Waals surface area contributed by atoms with Crippen LogP contribution in [0, 0.1) is 0 Å². The third-order valence-corrected chi connectivity index (χ3v) is 2.47. The number of ether oxygens (including phenoxy) is 1. The highest BCUT2D eigenvalue weighted by Crippen LogP contribution is 2.18. The van der Waals surface area contributed by atoms with Gasteiger partial charge in [0.2, 0.25) is 5.78 Å². The van der Waals surface area contributed by atoms with Crippen molar-refractivity contribution in [2.75, 3.05) is 6.61 Å². The summed E-state index contributed by atoms with van der Waals surface area (Å²) in [6.45, 7) is 0.706. The van der Waals surface area contributed by atoms with E-state index in [0.29, 0.717) is 11.5 Å². The van der Waals surface area contributed by atoms with Gasteiger partial charge >= 0.3 is 0 Å². The topological polar surface area (TPSA) is 52.1 Å². The summed E-state index contributed by atoms with van der Waals surface area (Å²) in [5.41, 5.74) is 0.720. The van der Waals surface area contributed by atoms with Crippen LogP contribution in [0.2, 0.25) is 0 Å². The summed E-state index contributed by atoms with van der Waals surface area (Å²) in [4.78, 5) is 12.2. The SMILES string of the molecule is O=C(C1=COCCC1)c1cnns1. The second-order valence-electron chi connectivity index (χ2n) is 2.73. The number of nitrogens with zero attached hydrogens (tertiary/aromatic N) is 2. The molecule has 0 spiro atoms. The number of carbonyl (C=O) groups excluding carboxylic acids is 1. The van der Waals surface area contributed by atoms with E-state index in [0.717, 1.165) is 29.9 Å². The van der Waals surface area contributed by atoms with Crippen LogP contribution in [-0.4, -0.2) is 22.0 Å². The largest absolute Gasteiger partial charge is 0.501 e. The molecule has 13 heavy (non-hydrogen) atoms. The third-order valence-electron chi connectivity index (χ3n) is 1.81. The summed E-state index contributed by atoms with van der Waals surface area (Å²) >= 11 is 1.12. The lowest BCUT2D eigenvalue weighted by atomic mass is 10.1. The number of ketones is 1. The van der Waals surface area contributed by atoms with Gasteiger partial charge in [-0.3, -0.25) is 4.79 Å². The van der Waals surface area contributed by atoms with Crippen LogP contribution in [-0.2, 0) is 4.74 Å². The van der Waals surface area contributed by atoms with Crippen molar-refractivity contribution >= 4 is 17.3 Å². The van der Waals surface area contributed by atoms with Gasteiger partial charge < -0.3 is 4.74 Å². The van der Waals surface area contributed by atoms with E-state index in [1.807, 2.05) is 0 Å². The maximum Gasteiger partial charge on any atom is 0.205 e. The van der Waals surface area contributed by atoms with E-state index in [2.05, 4.69) is 9.59 Å². The molecule has 0 radical (unpaired) electrons. The fourth-order valence-electron chi connectivity index (χ4n) is 1.16. The molecule has 1 aliphatic heterocycles. The highest BCUT2D eigenvalue weighted by Gasteiger charge is 2.16. The average molecular weight is 196 g/mol.